The third kappa shape index (κ3) is 4.79. The van der Waals surface area contributed by atoms with Crippen LogP contribution in [0.5, 0.6) is 11.6 Å². The van der Waals surface area contributed by atoms with E-state index in [2.05, 4.69) is 29.6 Å². The molecule has 0 saturated heterocycles. The molecule has 8 heteroatoms. The van der Waals surface area contributed by atoms with Crippen LogP contribution in [0.2, 0.25) is 30.8 Å². The van der Waals surface area contributed by atoms with E-state index in [0.29, 0.717) is 41.0 Å². The van der Waals surface area contributed by atoms with Gasteiger partial charge in [0.05, 0.1) is 22.8 Å². The predicted octanol–water partition coefficient (Wildman–Crippen LogP) is 5.61. The largest absolute Gasteiger partial charge is 0.490 e. The van der Waals surface area contributed by atoms with Crippen LogP contribution in [0.4, 0.5) is 0 Å². The van der Waals surface area contributed by atoms with Crippen molar-refractivity contribution in [2.24, 2.45) is 0 Å². The summed E-state index contributed by atoms with van der Waals surface area (Å²) in [5.74, 6) is 0.516. The van der Waals surface area contributed by atoms with Gasteiger partial charge in [-0.15, -0.1) is 0 Å². The highest BCUT2D eigenvalue weighted by Gasteiger charge is 2.27. The molecule has 6 nitrogen and oxygen atoms in total. The number of hydrogen-bond donors (Lipinski definition) is 0. The topological polar surface area (TPSA) is 58.4 Å². The molecule has 0 unspecified atom stereocenters. The van der Waals surface area contributed by atoms with Gasteiger partial charge in [0, 0.05) is 38.0 Å². The number of ether oxygens (including phenoxy) is 3. The molecule has 0 aliphatic heterocycles. The summed E-state index contributed by atoms with van der Waals surface area (Å²) in [7, 11) is -3.87. The second-order valence-electron chi connectivity index (χ2n) is 8.77. The standard InChI is InChI=1S/C22H28ClN3O3Si/c1-27-22-20(18(9-10-24-22)29-15-5-6-15)17-13-26(14-28-11-12-30(2,3)4)21-16(17)7-8-19(23)25-21/h7-10,13,15H,5-6,11-12,14H2,1-4H3/i1D3. The van der Waals surface area contributed by atoms with Crippen LogP contribution in [-0.4, -0.2) is 42.4 Å². The van der Waals surface area contributed by atoms with Crippen LogP contribution >= 0.6 is 11.6 Å². The van der Waals surface area contributed by atoms with Crippen LogP contribution < -0.4 is 9.47 Å². The van der Waals surface area contributed by atoms with Gasteiger partial charge in [0.15, 0.2) is 0 Å². The first-order valence-electron chi connectivity index (χ1n) is 11.6. The molecule has 4 rings (SSSR count). The molecule has 0 atom stereocenters. The van der Waals surface area contributed by atoms with E-state index >= 15 is 0 Å². The summed E-state index contributed by atoms with van der Waals surface area (Å²) in [6.45, 7) is 7.86. The Morgan fingerprint density at radius 2 is 2.10 bits per heavy atom. The summed E-state index contributed by atoms with van der Waals surface area (Å²) in [5.41, 5.74) is 1.81. The average molecular weight is 449 g/mol. The second kappa shape index (κ2) is 8.57. The summed E-state index contributed by atoms with van der Waals surface area (Å²) in [6, 6.07) is 6.33. The molecule has 1 fully saturated rings. The lowest BCUT2D eigenvalue weighted by atomic mass is 10.1. The molecular formula is C22H28ClN3O3Si. The Kier molecular flexibility index (Phi) is 5.02. The summed E-state index contributed by atoms with van der Waals surface area (Å²) in [6.07, 6.45) is 5.39. The van der Waals surface area contributed by atoms with Crippen LogP contribution in [0.1, 0.15) is 17.0 Å². The molecule has 3 heterocycles. The smallest absolute Gasteiger partial charge is 0.224 e. The maximum absolute atomic E-state index is 7.59. The summed E-state index contributed by atoms with van der Waals surface area (Å²) < 4.78 is 42.0. The lowest BCUT2D eigenvalue weighted by Gasteiger charge is -2.15. The second-order valence-corrected chi connectivity index (χ2v) is 14.8. The Labute approximate surface area is 187 Å². The molecule has 1 aliphatic carbocycles. The number of methoxy groups -OCH3 is 1. The van der Waals surface area contributed by atoms with Crippen LogP contribution in [0.15, 0.2) is 30.6 Å². The van der Waals surface area contributed by atoms with Gasteiger partial charge in [0.2, 0.25) is 5.88 Å². The van der Waals surface area contributed by atoms with Crippen molar-refractivity contribution in [1.29, 1.82) is 0 Å². The maximum Gasteiger partial charge on any atom is 0.224 e. The van der Waals surface area contributed by atoms with Crippen molar-refractivity contribution in [2.45, 2.75) is 51.4 Å². The fourth-order valence-electron chi connectivity index (χ4n) is 3.19. The van der Waals surface area contributed by atoms with Gasteiger partial charge in [-0.25, -0.2) is 9.97 Å². The van der Waals surface area contributed by atoms with Gasteiger partial charge in [0.1, 0.15) is 23.3 Å². The molecule has 1 saturated carbocycles. The Hall–Kier alpha value is -2.09. The van der Waals surface area contributed by atoms with E-state index < -0.39 is 15.1 Å². The van der Waals surface area contributed by atoms with Crippen molar-refractivity contribution in [2.75, 3.05) is 13.6 Å². The Morgan fingerprint density at radius 1 is 1.27 bits per heavy atom. The molecule has 0 bridgehead atoms. The zero-order chi connectivity index (χ0) is 23.8. The fraction of sp³-hybridized carbons (Fsp3) is 0.455. The van der Waals surface area contributed by atoms with Crippen molar-refractivity contribution >= 4 is 30.7 Å². The zero-order valence-electron chi connectivity index (χ0n) is 20.4. The van der Waals surface area contributed by atoms with E-state index in [1.165, 1.54) is 6.20 Å². The van der Waals surface area contributed by atoms with Crippen molar-refractivity contribution in [3.8, 4) is 22.8 Å². The number of rotatable bonds is 9. The number of fused-ring (bicyclic) bond motifs is 1. The van der Waals surface area contributed by atoms with Gasteiger partial charge in [-0.1, -0.05) is 31.2 Å². The molecular weight excluding hydrogens is 418 g/mol. The quantitative estimate of drug-likeness (QED) is 0.242. The molecule has 0 N–H and O–H groups in total. The minimum atomic E-state index is -2.65. The van der Waals surface area contributed by atoms with E-state index in [0.717, 1.165) is 24.3 Å². The minimum absolute atomic E-state index is 0.0122. The normalized spacial score (nSPS) is 16.2. The number of hydrogen-bond acceptors (Lipinski definition) is 5. The lowest BCUT2D eigenvalue weighted by molar-refractivity contribution is 0.0899. The van der Waals surface area contributed by atoms with Crippen molar-refractivity contribution in [3.05, 3.63) is 35.7 Å². The Morgan fingerprint density at radius 3 is 2.83 bits per heavy atom. The summed E-state index contributed by atoms with van der Waals surface area (Å²) >= 11 is 6.20. The molecule has 3 aromatic rings. The summed E-state index contributed by atoms with van der Waals surface area (Å²) in [4.78, 5) is 8.72. The van der Waals surface area contributed by atoms with E-state index in [9.17, 15) is 0 Å². The molecule has 0 amide bonds. The van der Waals surface area contributed by atoms with Crippen LogP contribution in [0.25, 0.3) is 22.2 Å². The third-order valence-electron chi connectivity index (χ3n) is 4.98. The van der Waals surface area contributed by atoms with Gasteiger partial charge in [-0.2, -0.15) is 0 Å². The fourth-order valence-corrected chi connectivity index (χ4v) is 4.09. The first-order chi connectivity index (χ1) is 15.5. The van der Waals surface area contributed by atoms with Gasteiger partial charge in [0.25, 0.3) is 0 Å². The molecule has 3 aromatic heterocycles. The molecule has 30 heavy (non-hydrogen) atoms. The molecule has 1 aliphatic rings. The monoisotopic (exact) mass is 448 g/mol. The molecule has 0 radical (unpaired) electrons. The van der Waals surface area contributed by atoms with E-state index in [-0.39, 0.29) is 12.0 Å². The van der Waals surface area contributed by atoms with Crippen LogP contribution in [-0.2, 0) is 11.5 Å². The first-order valence-corrected chi connectivity index (χ1v) is 14.2. The highest BCUT2D eigenvalue weighted by molar-refractivity contribution is 6.76. The maximum atomic E-state index is 7.59. The minimum Gasteiger partial charge on any atom is -0.490 e. The van der Waals surface area contributed by atoms with Gasteiger partial charge in [-0.3, -0.25) is 0 Å². The Bertz CT molecular complexity index is 1140. The number of pyridine rings is 2. The van der Waals surface area contributed by atoms with Gasteiger partial charge < -0.3 is 18.8 Å². The predicted molar refractivity (Wildman–Crippen MR) is 122 cm³/mol. The number of halogens is 1. The molecule has 160 valence electrons. The lowest BCUT2D eigenvalue weighted by Crippen LogP contribution is -2.22. The van der Waals surface area contributed by atoms with Crippen molar-refractivity contribution < 1.29 is 18.3 Å². The highest BCUT2D eigenvalue weighted by atomic mass is 35.5. The first kappa shape index (κ1) is 17.6. The number of aromatic nitrogens is 3. The number of nitrogens with zero attached hydrogens (tertiary/aromatic N) is 3. The third-order valence-corrected chi connectivity index (χ3v) is 6.89. The van der Waals surface area contributed by atoms with Crippen LogP contribution in [0.3, 0.4) is 0 Å². The SMILES string of the molecule is [2H]C([2H])([2H])Oc1nccc(OC2CC2)c1-c1cn(COCC[Si](C)(C)C)c2nc(Cl)ccc12. The van der Waals surface area contributed by atoms with E-state index in [1.54, 1.807) is 12.1 Å². The zero-order valence-corrected chi connectivity index (χ0v) is 19.2. The van der Waals surface area contributed by atoms with E-state index in [1.807, 2.05) is 16.8 Å². The van der Waals surface area contributed by atoms with E-state index in [4.69, 9.17) is 29.9 Å². The van der Waals surface area contributed by atoms with Gasteiger partial charge >= 0.3 is 0 Å². The highest BCUT2D eigenvalue weighted by Crippen LogP contribution is 2.43. The van der Waals surface area contributed by atoms with Crippen molar-refractivity contribution in [1.82, 2.24) is 14.5 Å². The molecule has 0 aromatic carbocycles. The van der Waals surface area contributed by atoms with Gasteiger partial charge in [-0.05, 0) is 37.1 Å². The average Bonchev–Trinajstić information content (AvgIpc) is 3.44. The van der Waals surface area contributed by atoms with Crippen LogP contribution in [0, 0.1) is 0 Å². The van der Waals surface area contributed by atoms with Crippen molar-refractivity contribution in [3.63, 3.8) is 0 Å². The molecule has 0 spiro atoms. The summed E-state index contributed by atoms with van der Waals surface area (Å²) in [5, 5.41) is 1.13. The Balaban J connectivity index is 1.77.